The molecule has 112 valence electrons. The molecule has 21 heavy (non-hydrogen) atoms. The van der Waals surface area contributed by atoms with E-state index >= 15 is 0 Å². The minimum Gasteiger partial charge on any atom is -0.368 e. The highest BCUT2D eigenvalue weighted by molar-refractivity contribution is 5.91. The predicted molar refractivity (Wildman–Crippen MR) is 72.8 cm³/mol. The molecule has 2 fully saturated rings. The molecular weight excluding hydrogens is 275 g/mol. The highest BCUT2D eigenvalue weighted by Crippen LogP contribution is 2.28. The molecule has 2 unspecified atom stereocenters. The van der Waals surface area contributed by atoms with E-state index in [-0.39, 0.29) is 17.4 Å². The van der Waals surface area contributed by atoms with Crippen LogP contribution in [0.5, 0.6) is 0 Å². The highest BCUT2D eigenvalue weighted by atomic mass is 19.1. The molecule has 6 heteroatoms. The molecule has 2 saturated heterocycles. The van der Waals surface area contributed by atoms with Crippen LogP contribution in [0, 0.1) is 5.82 Å². The minimum absolute atomic E-state index is 0.223. The number of hydrogen-bond donors (Lipinski definition) is 1. The van der Waals surface area contributed by atoms with Crippen molar-refractivity contribution >= 4 is 11.8 Å². The molecule has 1 aromatic carbocycles. The molecule has 2 atom stereocenters. The lowest BCUT2D eigenvalue weighted by molar-refractivity contribution is -0.150. The van der Waals surface area contributed by atoms with Crippen LogP contribution in [0.15, 0.2) is 24.3 Å². The predicted octanol–water partition coefficient (Wildman–Crippen LogP) is 1.00. The SMILES string of the molecule is O=C1NCCN(C(=O)C2CCCO2)C1c1ccccc1F. The van der Waals surface area contributed by atoms with Gasteiger partial charge in [-0.2, -0.15) is 0 Å². The largest absolute Gasteiger partial charge is 0.368 e. The van der Waals surface area contributed by atoms with Crippen LogP contribution in [0.25, 0.3) is 0 Å². The number of amides is 2. The number of hydrogen-bond acceptors (Lipinski definition) is 3. The van der Waals surface area contributed by atoms with Crippen LogP contribution in [0.2, 0.25) is 0 Å². The van der Waals surface area contributed by atoms with E-state index in [1.165, 1.54) is 11.0 Å². The molecule has 1 N–H and O–H groups in total. The molecular formula is C15H17FN2O3. The maximum Gasteiger partial charge on any atom is 0.252 e. The fourth-order valence-electron chi connectivity index (χ4n) is 2.87. The van der Waals surface area contributed by atoms with E-state index in [2.05, 4.69) is 5.32 Å². The van der Waals surface area contributed by atoms with Gasteiger partial charge in [0.25, 0.3) is 5.91 Å². The summed E-state index contributed by atoms with van der Waals surface area (Å²) in [5, 5.41) is 2.69. The van der Waals surface area contributed by atoms with E-state index in [0.29, 0.717) is 26.1 Å². The Labute approximate surface area is 122 Å². The zero-order valence-electron chi connectivity index (χ0n) is 11.5. The van der Waals surface area contributed by atoms with Crippen molar-refractivity contribution in [1.82, 2.24) is 10.2 Å². The topological polar surface area (TPSA) is 58.6 Å². The van der Waals surface area contributed by atoms with Crippen molar-refractivity contribution in [2.24, 2.45) is 0 Å². The van der Waals surface area contributed by atoms with E-state index in [0.717, 1.165) is 6.42 Å². The number of carbonyl (C=O) groups excluding carboxylic acids is 2. The summed E-state index contributed by atoms with van der Waals surface area (Å²) < 4.78 is 19.4. The number of nitrogens with zero attached hydrogens (tertiary/aromatic N) is 1. The van der Waals surface area contributed by atoms with Crippen LogP contribution in [0.4, 0.5) is 4.39 Å². The molecule has 3 rings (SSSR count). The zero-order valence-corrected chi connectivity index (χ0v) is 11.5. The van der Waals surface area contributed by atoms with Gasteiger partial charge in [-0.3, -0.25) is 9.59 Å². The number of rotatable bonds is 2. The van der Waals surface area contributed by atoms with Crippen molar-refractivity contribution in [3.63, 3.8) is 0 Å². The maximum absolute atomic E-state index is 14.0. The molecule has 0 aromatic heterocycles. The molecule has 0 spiro atoms. The van der Waals surface area contributed by atoms with Gasteiger partial charge in [0.2, 0.25) is 5.91 Å². The standard InChI is InChI=1S/C15H17FN2O3/c16-11-5-2-1-4-10(11)13-14(19)17-7-8-18(13)15(20)12-6-3-9-21-12/h1-2,4-5,12-13H,3,6-9H2,(H,17,19). The third kappa shape index (κ3) is 2.63. The van der Waals surface area contributed by atoms with Crippen LogP contribution in [-0.4, -0.2) is 42.5 Å². The molecule has 0 radical (unpaired) electrons. The van der Waals surface area contributed by atoms with Crippen LogP contribution in [0.1, 0.15) is 24.4 Å². The summed E-state index contributed by atoms with van der Waals surface area (Å²) in [6.07, 6.45) is 0.979. The first-order chi connectivity index (χ1) is 10.2. The molecule has 5 nitrogen and oxygen atoms in total. The lowest BCUT2D eigenvalue weighted by Gasteiger charge is -2.36. The number of ether oxygens (including phenoxy) is 1. The molecule has 2 aliphatic heterocycles. The summed E-state index contributed by atoms with van der Waals surface area (Å²) >= 11 is 0. The molecule has 0 saturated carbocycles. The van der Waals surface area contributed by atoms with Gasteiger partial charge >= 0.3 is 0 Å². The number of halogens is 1. The molecule has 0 bridgehead atoms. The Hall–Kier alpha value is -1.95. The second-order valence-corrected chi connectivity index (χ2v) is 5.25. The second kappa shape index (κ2) is 5.81. The van der Waals surface area contributed by atoms with Gasteiger partial charge in [-0.05, 0) is 18.9 Å². The first-order valence-electron chi connectivity index (χ1n) is 7.12. The Morgan fingerprint density at radius 2 is 2.19 bits per heavy atom. The van der Waals surface area contributed by atoms with E-state index in [4.69, 9.17) is 4.74 Å². The lowest BCUT2D eigenvalue weighted by Crippen LogP contribution is -2.54. The number of piperazine rings is 1. The first kappa shape index (κ1) is 14.0. The monoisotopic (exact) mass is 292 g/mol. The average Bonchev–Trinajstić information content (AvgIpc) is 3.01. The quantitative estimate of drug-likeness (QED) is 0.885. The first-order valence-corrected chi connectivity index (χ1v) is 7.12. The normalized spacial score (nSPS) is 25.8. The Morgan fingerprint density at radius 1 is 1.38 bits per heavy atom. The minimum atomic E-state index is -0.920. The highest BCUT2D eigenvalue weighted by Gasteiger charge is 2.39. The fraction of sp³-hybridized carbons (Fsp3) is 0.467. The van der Waals surface area contributed by atoms with Gasteiger partial charge < -0.3 is 15.0 Å². The zero-order chi connectivity index (χ0) is 14.8. The Balaban J connectivity index is 1.91. The van der Waals surface area contributed by atoms with Crippen LogP contribution in [-0.2, 0) is 14.3 Å². The van der Waals surface area contributed by atoms with Gasteiger partial charge in [0.05, 0.1) is 0 Å². The third-order valence-electron chi connectivity index (χ3n) is 3.90. The van der Waals surface area contributed by atoms with Gasteiger partial charge in [0.1, 0.15) is 18.0 Å². The second-order valence-electron chi connectivity index (χ2n) is 5.25. The van der Waals surface area contributed by atoms with Crippen molar-refractivity contribution in [1.29, 1.82) is 0 Å². The van der Waals surface area contributed by atoms with Gasteiger partial charge in [-0.25, -0.2) is 4.39 Å². The van der Waals surface area contributed by atoms with E-state index in [9.17, 15) is 14.0 Å². The lowest BCUT2D eigenvalue weighted by atomic mass is 10.0. The Morgan fingerprint density at radius 3 is 2.90 bits per heavy atom. The van der Waals surface area contributed by atoms with E-state index in [1.807, 2.05) is 0 Å². The third-order valence-corrected chi connectivity index (χ3v) is 3.90. The van der Waals surface area contributed by atoms with Crippen molar-refractivity contribution in [3.8, 4) is 0 Å². The molecule has 2 aliphatic rings. The number of nitrogens with one attached hydrogen (secondary N) is 1. The van der Waals surface area contributed by atoms with Crippen LogP contribution < -0.4 is 5.32 Å². The fourth-order valence-corrected chi connectivity index (χ4v) is 2.87. The van der Waals surface area contributed by atoms with Crippen LogP contribution in [0.3, 0.4) is 0 Å². The summed E-state index contributed by atoms with van der Waals surface area (Å²) in [5.41, 5.74) is 0.223. The maximum atomic E-state index is 14.0. The van der Waals surface area contributed by atoms with Crippen molar-refractivity contribution < 1.29 is 18.7 Å². The van der Waals surface area contributed by atoms with Crippen molar-refractivity contribution in [2.75, 3.05) is 19.7 Å². The average molecular weight is 292 g/mol. The smallest absolute Gasteiger partial charge is 0.252 e. The van der Waals surface area contributed by atoms with Gasteiger partial charge in [-0.1, -0.05) is 18.2 Å². The number of benzene rings is 1. The summed E-state index contributed by atoms with van der Waals surface area (Å²) in [5.74, 6) is -1.06. The van der Waals surface area contributed by atoms with E-state index < -0.39 is 18.0 Å². The summed E-state index contributed by atoms with van der Waals surface area (Å²) in [7, 11) is 0. The molecule has 0 aliphatic carbocycles. The van der Waals surface area contributed by atoms with Crippen molar-refractivity contribution in [3.05, 3.63) is 35.6 Å². The molecule has 1 aromatic rings. The number of carbonyl (C=O) groups is 2. The summed E-state index contributed by atoms with van der Waals surface area (Å²) in [6.45, 7) is 1.30. The van der Waals surface area contributed by atoms with Crippen molar-refractivity contribution in [2.45, 2.75) is 25.0 Å². The van der Waals surface area contributed by atoms with Gasteiger partial charge in [0.15, 0.2) is 0 Å². The molecule has 2 amide bonds. The van der Waals surface area contributed by atoms with Gasteiger partial charge in [-0.15, -0.1) is 0 Å². The summed E-state index contributed by atoms with van der Waals surface area (Å²) in [6, 6.07) is 5.14. The van der Waals surface area contributed by atoms with E-state index in [1.54, 1.807) is 18.2 Å². The summed E-state index contributed by atoms with van der Waals surface area (Å²) in [4.78, 5) is 26.1. The Kier molecular flexibility index (Phi) is 3.88. The Bertz CT molecular complexity index is 558. The van der Waals surface area contributed by atoms with Crippen LogP contribution >= 0.6 is 0 Å². The van der Waals surface area contributed by atoms with Gasteiger partial charge in [0, 0.05) is 25.3 Å². The molecule has 2 heterocycles.